The lowest BCUT2D eigenvalue weighted by atomic mass is 10.3. The molecular formula is C12H21N3O2. The number of aryl methyl sites for hydroxylation is 1. The van der Waals surface area contributed by atoms with E-state index < -0.39 is 0 Å². The van der Waals surface area contributed by atoms with Gasteiger partial charge in [0.05, 0.1) is 6.61 Å². The molecule has 0 spiro atoms. The van der Waals surface area contributed by atoms with Crippen molar-refractivity contribution in [2.45, 2.75) is 32.8 Å². The highest BCUT2D eigenvalue weighted by Gasteiger charge is 2.08. The van der Waals surface area contributed by atoms with Crippen LogP contribution in [0.2, 0.25) is 0 Å². The fourth-order valence-electron chi connectivity index (χ4n) is 1.47. The molecule has 0 amide bonds. The molecule has 1 unspecified atom stereocenters. The zero-order valence-electron chi connectivity index (χ0n) is 11.0. The van der Waals surface area contributed by atoms with Crippen LogP contribution in [0.1, 0.15) is 26.1 Å². The van der Waals surface area contributed by atoms with Gasteiger partial charge >= 0.3 is 0 Å². The van der Waals surface area contributed by atoms with Gasteiger partial charge in [-0.3, -0.25) is 0 Å². The first-order valence-electron chi connectivity index (χ1n) is 5.90. The minimum Gasteiger partial charge on any atom is -0.472 e. The molecule has 0 aliphatic rings. The third kappa shape index (κ3) is 4.56. The van der Waals surface area contributed by atoms with Gasteiger partial charge in [-0.15, -0.1) is 0 Å². The normalized spacial score (nSPS) is 12.2. The minimum atomic E-state index is -0.0194. The Morgan fingerprint density at radius 3 is 2.76 bits per heavy atom. The summed E-state index contributed by atoms with van der Waals surface area (Å²) in [7, 11) is 3.49. The number of hydrogen-bond acceptors (Lipinski definition) is 5. The van der Waals surface area contributed by atoms with E-state index in [9.17, 15) is 0 Å². The lowest BCUT2D eigenvalue weighted by Crippen LogP contribution is -2.19. The molecule has 1 aromatic heterocycles. The molecule has 0 saturated carbocycles. The van der Waals surface area contributed by atoms with Crippen molar-refractivity contribution in [3.05, 3.63) is 11.9 Å². The van der Waals surface area contributed by atoms with Crippen LogP contribution >= 0.6 is 0 Å². The summed E-state index contributed by atoms with van der Waals surface area (Å²) in [6.07, 6.45) is 1.85. The van der Waals surface area contributed by atoms with Crippen molar-refractivity contribution >= 4 is 5.82 Å². The van der Waals surface area contributed by atoms with Crippen molar-refractivity contribution in [3.8, 4) is 5.88 Å². The third-order valence-electron chi connectivity index (χ3n) is 2.20. The van der Waals surface area contributed by atoms with Crippen LogP contribution < -0.4 is 10.1 Å². The molecule has 1 heterocycles. The van der Waals surface area contributed by atoms with E-state index in [0.29, 0.717) is 12.5 Å². The molecular weight excluding hydrogens is 218 g/mol. The maximum Gasteiger partial charge on any atom is 0.219 e. The predicted molar refractivity (Wildman–Crippen MR) is 67.5 cm³/mol. The fourth-order valence-corrected chi connectivity index (χ4v) is 1.47. The summed E-state index contributed by atoms with van der Waals surface area (Å²) in [6, 6.07) is 1.80. The van der Waals surface area contributed by atoms with E-state index >= 15 is 0 Å². The minimum absolute atomic E-state index is 0.0194. The zero-order valence-corrected chi connectivity index (χ0v) is 11.0. The molecule has 0 saturated heterocycles. The van der Waals surface area contributed by atoms with Crippen LogP contribution in [0.3, 0.4) is 0 Å². The Kier molecular flexibility index (Phi) is 5.69. The lowest BCUT2D eigenvalue weighted by molar-refractivity contribution is 0.0887. The summed E-state index contributed by atoms with van der Waals surface area (Å²) in [5, 5.41) is 3.01. The van der Waals surface area contributed by atoms with Crippen LogP contribution in [-0.2, 0) is 11.2 Å². The highest BCUT2D eigenvalue weighted by atomic mass is 16.5. The van der Waals surface area contributed by atoms with E-state index in [0.717, 1.165) is 24.5 Å². The summed E-state index contributed by atoms with van der Waals surface area (Å²) in [5.74, 6) is 2.18. The second-order valence-corrected chi connectivity index (χ2v) is 3.89. The van der Waals surface area contributed by atoms with Crippen molar-refractivity contribution in [3.63, 3.8) is 0 Å². The summed E-state index contributed by atoms with van der Waals surface area (Å²) < 4.78 is 10.7. The summed E-state index contributed by atoms with van der Waals surface area (Å²) in [5.41, 5.74) is 0. The number of aromatic nitrogens is 2. The average Bonchev–Trinajstić information content (AvgIpc) is 2.29. The number of hydrogen-bond donors (Lipinski definition) is 1. The molecule has 5 nitrogen and oxygen atoms in total. The Labute approximate surface area is 103 Å². The molecule has 0 aliphatic carbocycles. The number of nitrogens with zero attached hydrogens (tertiary/aromatic N) is 2. The van der Waals surface area contributed by atoms with Gasteiger partial charge < -0.3 is 14.8 Å². The maximum absolute atomic E-state index is 5.67. The number of rotatable bonds is 7. The Morgan fingerprint density at radius 2 is 2.18 bits per heavy atom. The zero-order chi connectivity index (χ0) is 12.7. The number of nitrogens with one attached hydrogen (secondary N) is 1. The van der Waals surface area contributed by atoms with Gasteiger partial charge in [0.15, 0.2) is 0 Å². The van der Waals surface area contributed by atoms with Gasteiger partial charge in [0.25, 0.3) is 0 Å². The van der Waals surface area contributed by atoms with Gasteiger partial charge in [0.2, 0.25) is 5.88 Å². The van der Waals surface area contributed by atoms with Gasteiger partial charge in [0, 0.05) is 26.6 Å². The van der Waals surface area contributed by atoms with Crippen molar-refractivity contribution in [1.29, 1.82) is 0 Å². The van der Waals surface area contributed by atoms with Gasteiger partial charge in [-0.25, -0.2) is 4.98 Å². The van der Waals surface area contributed by atoms with Crippen LogP contribution in [-0.4, -0.2) is 36.8 Å². The fraction of sp³-hybridized carbons (Fsp3) is 0.667. The van der Waals surface area contributed by atoms with E-state index in [1.54, 1.807) is 13.2 Å². The van der Waals surface area contributed by atoms with Crippen LogP contribution in [0.4, 0.5) is 5.82 Å². The first-order chi connectivity index (χ1) is 8.19. The topological polar surface area (TPSA) is 56.3 Å². The van der Waals surface area contributed by atoms with Gasteiger partial charge in [0.1, 0.15) is 17.7 Å². The van der Waals surface area contributed by atoms with E-state index in [2.05, 4.69) is 22.2 Å². The molecule has 0 radical (unpaired) electrons. The maximum atomic E-state index is 5.67. The van der Waals surface area contributed by atoms with E-state index in [1.165, 1.54) is 0 Å². The molecule has 5 heteroatoms. The van der Waals surface area contributed by atoms with E-state index in [4.69, 9.17) is 9.47 Å². The van der Waals surface area contributed by atoms with Gasteiger partial charge in [-0.05, 0) is 13.3 Å². The first kappa shape index (κ1) is 13.7. The smallest absolute Gasteiger partial charge is 0.219 e. The third-order valence-corrected chi connectivity index (χ3v) is 2.20. The highest BCUT2D eigenvalue weighted by molar-refractivity contribution is 5.37. The Hall–Kier alpha value is -1.36. The molecule has 17 heavy (non-hydrogen) atoms. The quantitative estimate of drug-likeness (QED) is 0.787. The molecule has 1 N–H and O–H groups in total. The second-order valence-electron chi connectivity index (χ2n) is 3.89. The van der Waals surface area contributed by atoms with E-state index in [1.807, 2.05) is 14.0 Å². The molecule has 0 fully saturated rings. The first-order valence-corrected chi connectivity index (χ1v) is 5.90. The number of anilines is 1. The largest absolute Gasteiger partial charge is 0.472 e. The number of ether oxygens (including phenoxy) is 2. The van der Waals surface area contributed by atoms with Crippen LogP contribution in [0.5, 0.6) is 5.88 Å². The van der Waals surface area contributed by atoms with Crippen LogP contribution in [0.25, 0.3) is 0 Å². The molecule has 0 bridgehead atoms. The Balaban J connectivity index is 2.79. The molecule has 1 rings (SSSR count). The van der Waals surface area contributed by atoms with Gasteiger partial charge in [-0.2, -0.15) is 4.98 Å². The Bertz CT molecular complexity index is 345. The standard InChI is InChI=1S/C12H21N3O2/c1-5-6-10-14-11(13-3)7-12(15-10)17-9(2)8-16-4/h7,9H,5-6,8H2,1-4H3,(H,13,14,15). The lowest BCUT2D eigenvalue weighted by Gasteiger charge is -2.14. The molecule has 1 aromatic rings. The van der Waals surface area contributed by atoms with Crippen molar-refractivity contribution < 1.29 is 9.47 Å². The Morgan fingerprint density at radius 1 is 1.41 bits per heavy atom. The molecule has 0 aliphatic heterocycles. The monoisotopic (exact) mass is 239 g/mol. The van der Waals surface area contributed by atoms with E-state index in [-0.39, 0.29) is 6.10 Å². The van der Waals surface area contributed by atoms with Crippen molar-refractivity contribution in [2.75, 3.05) is 26.1 Å². The average molecular weight is 239 g/mol. The highest BCUT2D eigenvalue weighted by Crippen LogP contribution is 2.15. The van der Waals surface area contributed by atoms with Crippen molar-refractivity contribution in [1.82, 2.24) is 9.97 Å². The van der Waals surface area contributed by atoms with Crippen LogP contribution in [0.15, 0.2) is 6.07 Å². The second kappa shape index (κ2) is 7.06. The SMILES string of the molecule is CCCc1nc(NC)cc(OC(C)COC)n1. The summed E-state index contributed by atoms with van der Waals surface area (Å²) >= 11 is 0. The van der Waals surface area contributed by atoms with Crippen molar-refractivity contribution in [2.24, 2.45) is 0 Å². The summed E-state index contributed by atoms with van der Waals surface area (Å²) in [4.78, 5) is 8.73. The van der Waals surface area contributed by atoms with Crippen LogP contribution in [0, 0.1) is 0 Å². The van der Waals surface area contributed by atoms with Gasteiger partial charge in [-0.1, -0.05) is 6.92 Å². The molecule has 1 atom stereocenters. The molecule has 96 valence electrons. The number of methoxy groups -OCH3 is 1. The summed E-state index contributed by atoms with van der Waals surface area (Å²) in [6.45, 7) is 4.59. The predicted octanol–water partition coefficient (Wildman–Crippen LogP) is 1.88. The molecule has 0 aromatic carbocycles.